The van der Waals surface area contributed by atoms with E-state index in [2.05, 4.69) is 4.98 Å². The molecular formula is C10H14N4. The van der Waals surface area contributed by atoms with Crippen LogP contribution in [0.2, 0.25) is 0 Å². The number of aromatic nitrogens is 1. The SMILES string of the molecule is Cc1cncc(/C(N)=C/C=C(N)N)c1. The van der Waals surface area contributed by atoms with Crippen LogP contribution in [-0.2, 0) is 0 Å². The van der Waals surface area contributed by atoms with Crippen molar-refractivity contribution < 1.29 is 0 Å². The largest absolute Gasteiger partial charge is 0.398 e. The van der Waals surface area contributed by atoms with Gasteiger partial charge in [-0.1, -0.05) is 0 Å². The molecule has 0 spiro atoms. The topological polar surface area (TPSA) is 90.9 Å². The van der Waals surface area contributed by atoms with Gasteiger partial charge in [0.25, 0.3) is 0 Å². The van der Waals surface area contributed by atoms with Crippen LogP contribution in [0.3, 0.4) is 0 Å². The second-order valence-corrected chi connectivity index (χ2v) is 3.04. The van der Waals surface area contributed by atoms with Crippen LogP contribution in [0.1, 0.15) is 11.1 Å². The Morgan fingerprint density at radius 1 is 1.21 bits per heavy atom. The molecule has 0 aromatic carbocycles. The van der Waals surface area contributed by atoms with Crippen LogP contribution in [0, 0.1) is 6.92 Å². The highest BCUT2D eigenvalue weighted by Gasteiger charge is 1.95. The first-order valence-electron chi connectivity index (χ1n) is 4.20. The molecule has 0 amide bonds. The van der Waals surface area contributed by atoms with Crippen LogP contribution in [0.15, 0.2) is 36.4 Å². The molecule has 1 rings (SSSR count). The molecule has 0 fully saturated rings. The summed E-state index contributed by atoms with van der Waals surface area (Å²) >= 11 is 0. The summed E-state index contributed by atoms with van der Waals surface area (Å²) in [6, 6.07) is 1.94. The number of hydrogen-bond donors (Lipinski definition) is 3. The van der Waals surface area contributed by atoms with Crippen molar-refractivity contribution in [3.8, 4) is 0 Å². The number of rotatable bonds is 2. The molecule has 74 valence electrons. The molecule has 14 heavy (non-hydrogen) atoms. The maximum atomic E-state index is 5.78. The van der Waals surface area contributed by atoms with Gasteiger partial charge in [-0.3, -0.25) is 4.98 Å². The maximum absolute atomic E-state index is 5.78. The minimum absolute atomic E-state index is 0.230. The molecule has 4 heteroatoms. The lowest BCUT2D eigenvalue weighted by Crippen LogP contribution is -2.07. The van der Waals surface area contributed by atoms with Gasteiger partial charge in [0, 0.05) is 23.7 Å². The molecule has 0 bridgehead atoms. The van der Waals surface area contributed by atoms with E-state index in [9.17, 15) is 0 Å². The van der Waals surface area contributed by atoms with Crippen molar-refractivity contribution in [2.75, 3.05) is 0 Å². The molecule has 0 radical (unpaired) electrons. The molecule has 1 aromatic heterocycles. The van der Waals surface area contributed by atoms with E-state index in [0.717, 1.165) is 11.1 Å². The molecule has 0 saturated heterocycles. The van der Waals surface area contributed by atoms with Gasteiger partial charge in [0.2, 0.25) is 0 Å². The summed E-state index contributed by atoms with van der Waals surface area (Å²) < 4.78 is 0. The Balaban J connectivity index is 2.95. The molecule has 0 aliphatic carbocycles. The maximum Gasteiger partial charge on any atom is 0.0934 e. The third-order valence-corrected chi connectivity index (χ3v) is 1.66. The fourth-order valence-corrected chi connectivity index (χ4v) is 0.995. The average molecular weight is 190 g/mol. The van der Waals surface area contributed by atoms with Crippen molar-refractivity contribution in [3.05, 3.63) is 47.6 Å². The highest BCUT2D eigenvalue weighted by Crippen LogP contribution is 2.08. The standard InChI is InChI=1S/C10H14N4/c1-7-4-8(6-14-5-7)9(11)2-3-10(12)13/h2-6H,11-13H2,1H3/b9-2-. The van der Waals surface area contributed by atoms with Gasteiger partial charge in [-0.15, -0.1) is 0 Å². The number of nitrogens with two attached hydrogens (primary N) is 3. The number of aryl methyl sites for hydroxylation is 1. The lowest BCUT2D eigenvalue weighted by atomic mass is 10.1. The fourth-order valence-electron chi connectivity index (χ4n) is 0.995. The quantitative estimate of drug-likeness (QED) is 0.590. The molecule has 0 saturated carbocycles. The predicted octanol–water partition coefficient (Wildman–Crippen LogP) is 0.448. The number of nitrogens with zero attached hydrogens (tertiary/aromatic N) is 1. The van der Waals surface area contributed by atoms with Gasteiger partial charge < -0.3 is 17.2 Å². The smallest absolute Gasteiger partial charge is 0.0934 e. The summed E-state index contributed by atoms with van der Waals surface area (Å²) in [7, 11) is 0. The van der Waals surface area contributed by atoms with E-state index in [4.69, 9.17) is 17.2 Å². The van der Waals surface area contributed by atoms with Crippen LogP contribution in [0.4, 0.5) is 0 Å². The zero-order chi connectivity index (χ0) is 10.6. The van der Waals surface area contributed by atoms with E-state index in [0.29, 0.717) is 5.70 Å². The van der Waals surface area contributed by atoms with Gasteiger partial charge in [-0.25, -0.2) is 0 Å². The summed E-state index contributed by atoms with van der Waals surface area (Å²) in [6.45, 7) is 1.96. The van der Waals surface area contributed by atoms with Gasteiger partial charge in [-0.05, 0) is 30.7 Å². The first-order valence-corrected chi connectivity index (χ1v) is 4.20. The Kier molecular flexibility index (Phi) is 3.12. The third kappa shape index (κ3) is 2.82. The molecule has 0 aliphatic rings. The second kappa shape index (κ2) is 4.32. The van der Waals surface area contributed by atoms with Crippen LogP contribution in [0.25, 0.3) is 5.70 Å². The minimum Gasteiger partial charge on any atom is -0.398 e. The highest BCUT2D eigenvalue weighted by atomic mass is 14.8. The van der Waals surface area contributed by atoms with E-state index in [1.165, 1.54) is 0 Å². The number of hydrogen-bond acceptors (Lipinski definition) is 4. The van der Waals surface area contributed by atoms with Crippen LogP contribution >= 0.6 is 0 Å². The summed E-state index contributed by atoms with van der Waals surface area (Å²) in [5.41, 5.74) is 18.8. The van der Waals surface area contributed by atoms with Crippen molar-refractivity contribution in [2.24, 2.45) is 17.2 Å². The van der Waals surface area contributed by atoms with Gasteiger partial charge in [-0.2, -0.15) is 0 Å². The molecule has 1 heterocycles. The van der Waals surface area contributed by atoms with Gasteiger partial charge in [0.15, 0.2) is 0 Å². The van der Waals surface area contributed by atoms with Crippen LogP contribution in [-0.4, -0.2) is 4.98 Å². The zero-order valence-electron chi connectivity index (χ0n) is 8.07. The lowest BCUT2D eigenvalue weighted by molar-refractivity contribution is 1.24. The Labute approximate surface area is 83.1 Å². The van der Waals surface area contributed by atoms with Crippen LogP contribution in [0.5, 0.6) is 0 Å². The van der Waals surface area contributed by atoms with Gasteiger partial charge in [0.1, 0.15) is 0 Å². The Hall–Kier alpha value is -1.97. The molecule has 1 aromatic rings. The van der Waals surface area contributed by atoms with Crippen LogP contribution < -0.4 is 17.2 Å². The molecule has 0 unspecified atom stereocenters. The average Bonchev–Trinajstić information content (AvgIpc) is 2.14. The number of pyridine rings is 1. The fraction of sp³-hybridized carbons (Fsp3) is 0.100. The summed E-state index contributed by atoms with van der Waals surface area (Å²) in [6.07, 6.45) is 6.67. The van der Waals surface area contributed by atoms with E-state index in [1.54, 1.807) is 24.5 Å². The minimum atomic E-state index is 0.230. The normalized spacial score (nSPS) is 11.1. The summed E-state index contributed by atoms with van der Waals surface area (Å²) in [4.78, 5) is 4.03. The Morgan fingerprint density at radius 3 is 2.50 bits per heavy atom. The summed E-state index contributed by atoms with van der Waals surface area (Å²) in [5, 5.41) is 0. The predicted molar refractivity (Wildman–Crippen MR) is 57.6 cm³/mol. The molecule has 6 N–H and O–H groups in total. The number of allylic oxidation sites excluding steroid dienone is 2. The van der Waals surface area contributed by atoms with Crippen molar-refractivity contribution in [2.45, 2.75) is 6.92 Å². The van der Waals surface area contributed by atoms with Crippen molar-refractivity contribution in [1.82, 2.24) is 4.98 Å². The Morgan fingerprint density at radius 2 is 1.93 bits per heavy atom. The van der Waals surface area contributed by atoms with Crippen molar-refractivity contribution in [3.63, 3.8) is 0 Å². The van der Waals surface area contributed by atoms with E-state index < -0.39 is 0 Å². The molecular weight excluding hydrogens is 176 g/mol. The van der Waals surface area contributed by atoms with E-state index in [-0.39, 0.29) is 5.82 Å². The van der Waals surface area contributed by atoms with E-state index in [1.807, 2.05) is 13.0 Å². The van der Waals surface area contributed by atoms with Gasteiger partial charge in [0.05, 0.1) is 5.82 Å². The van der Waals surface area contributed by atoms with Crippen molar-refractivity contribution in [1.29, 1.82) is 0 Å². The van der Waals surface area contributed by atoms with Gasteiger partial charge >= 0.3 is 0 Å². The second-order valence-electron chi connectivity index (χ2n) is 3.04. The molecule has 0 atom stereocenters. The highest BCUT2D eigenvalue weighted by molar-refractivity contribution is 5.63. The summed E-state index contributed by atoms with van der Waals surface area (Å²) in [5.74, 6) is 0.230. The lowest BCUT2D eigenvalue weighted by Gasteiger charge is -2.00. The first kappa shape index (κ1) is 10.1. The first-order chi connectivity index (χ1) is 6.59. The van der Waals surface area contributed by atoms with Crippen molar-refractivity contribution >= 4 is 5.70 Å². The molecule has 0 aliphatic heterocycles. The third-order valence-electron chi connectivity index (χ3n) is 1.66. The van der Waals surface area contributed by atoms with E-state index >= 15 is 0 Å². The zero-order valence-corrected chi connectivity index (χ0v) is 8.07. The Bertz CT molecular complexity index is 375. The molecule has 4 nitrogen and oxygen atoms in total. The monoisotopic (exact) mass is 190 g/mol.